The molecule has 0 aliphatic heterocycles. The van der Waals surface area contributed by atoms with Crippen molar-refractivity contribution < 1.29 is 14.3 Å². The average molecular weight is 417 g/mol. The van der Waals surface area contributed by atoms with Crippen LogP contribution < -0.4 is 5.32 Å². The number of amides is 1. The first-order valence-corrected chi connectivity index (χ1v) is 8.14. The summed E-state index contributed by atoms with van der Waals surface area (Å²) >= 11 is 15.0. The normalized spacial score (nSPS) is 10.2. The molecule has 2 aromatic carbocycles. The Labute approximate surface area is 151 Å². The van der Waals surface area contributed by atoms with E-state index in [1.165, 1.54) is 12.1 Å². The molecule has 0 radical (unpaired) electrons. The molecule has 0 aliphatic rings. The van der Waals surface area contributed by atoms with E-state index in [-0.39, 0.29) is 23.7 Å². The fourth-order valence-corrected chi connectivity index (χ4v) is 2.48. The number of hydrogen-bond donors (Lipinski definition) is 1. The van der Waals surface area contributed by atoms with Gasteiger partial charge in [0.1, 0.15) is 13.2 Å². The van der Waals surface area contributed by atoms with Gasteiger partial charge in [0.25, 0.3) is 5.91 Å². The number of carbonyl (C=O) groups is 2. The molecule has 4 nitrogen and oxygen atoms in total. The van der Waals surface area contributed by atoms with E-state index in [1.54, 1.807) is 6.07 Å². The molecule has 2 aromatic rings. The molecule has 120 valence electrons. The summed E-state index contributed by atoms with van der Waals surface area (Å²) in [4.78, 5) is 23.6. The van der Waals surface area contributed by atoms with Crippen molar-refractivity contribution >= 4 is 51.0 Å². The lowest BCUT2D eigenvalue weighted by Crippen LogP contribution is -2.30. The first-order chi connectivity index (χ1) is 11.0. The van der Waals surface area contributed by atoms with Gasteiger partial charge in [-0.15, -0.1) is 0 Å². The lowest BCUT2D eigenvalue weighted by atomic mass is 10.2. The van der Waals surface area contributed by atoms with E-state index in [0.29, 0.717) is 5.02 Å². The van der Waals surface area contributed by atoms with Crippen molar-refractivity contribution in [2.24, 2.45) is 0 Å². The number of esters is 1. The Morgan fingerprint density at radius 1 is 1.09 bits per heavy atom. The van der Waals surface area contributed by atoms with E-state index < -0.39 is 11.9 Å². The minimum absolute atomic E-state index is 0.143. The second-order valence-electron chi connectivity index (χ2n) is 4.59. The van der Waals surface area contributed by atoms with Crippen LogP contribution in [0.4, 0.5) is 0 Å². The molecule has 0 bridgehead atoms. The number of benzene rings is 2. The summed E-state index contributed by atoms with van der Waals surface area (Å²) in [6.07, 6.45) is 0. The van der Waals surface area contributed by atoms with Gasteiger partial charge < -0.3 is 10.1 Å². The third-order valence-electron chi connectivity index (χ3n) is 2.88. The summed E-state index contributed by atoms with van der Waals surface area (Å²) in [5, 5.41) is 3.11. The van der Waals surface area contributed by atoms with Crippen LogP contribution in [-0.4, -0.2) is 18.4 Å². The highest BCUT2D eigenvalue weighted by Gasteiger charge is 2.12. The molecule has 1 N–H and O–H groups in total. The predicted molar refractivity (Wildman–Crippen MR) is 92.7 cm³/mol. The highest BCUT2D eigenvalue weighted by Crippen LogP contribution is 2.20. The topological polar surface area (TPSA) is 55.4 Å². The van der Waals surface area contributed by atoms with Gasteiger partial charge >= 0.3 is 5.97 Å². The zero-order valence-corrected chi connectivity index (χ0v) is 14.9. The number of rotatable bonds is 5. The minimum Gasteiger partial charge on any atom is -0.460 e. The molecule has 0 saturated carbocycles. The molecular formula is C16H12BrCl2NO3. The highest BCUT2D eigenvalue weighted by atomic mass is 79.9. The number of halogens is 3. The lowest BCUT2D eigenvalue weighted by Gasteiger charge is -2.08. The van der Waals surface area contributed by atoms with Crippen molar-refractivity contribution in [3.05, 3.63) is 68.1 Å². The fraction of sp³-hybridized carbons (Fsp3) is 0.125. The van der Waals surface area contributed by atoms with Gasteiger partial charge in [-0.25, -0.2) is 0 Å². The Bertz CT molecular complexity index is 720. The van der Waals surface area contributed by atoms with Gasteiger partial charge in [-0.05, 0) is 35.9 Å². The zero-order chi connectivity index (χ0) is 16.8. The molecule has 0 unspecified atom stereocenters. The molecule has 0 aliphatic carbocycles. The zero-order valence-electron chi connectivity index (χ0n) is 11.8. The Morgan fingerprint density at radius 2 is 1.78 bits per heavy atom. The highest BCUT2D eigenvalue weighted by molar-refractivity contribution is 9.10. The maximum atomic E-state index is 11.9. The first kappa shape index (κ1) is 17.8. The Balaban J connectivity index is 1.81. The van der Waals surface area contributed by atoms with Crippen LogP contribution in [-0.2, 0) is 16.1 Å². The number of carbonyl (C=O) groups excluding carboxylic acids is 2. The van der Waals surface area contributed by atoms with Crippen molar-refractivity contribution in [2.75, 3.05) is 6.54 Å². The van der Waals surface area contributed by atoms with E-state index in [2.05, 4.69) is 21.2 Å². The summed E-state index contributed by atoms with van der Waals surface area (Å²) in [5.41, 5.74) is 1.10. The average Bonchev–Trinajstić information content (AvgIpc) is 2.52. The largest absolute Gasteiger partial charge is 0.460 e. The molecule has 0 atom stereocenters. The smallest absolute Gasteiger partial charge is 0.325 e. The van der Waals surface area contributed by atoms with Crippen LogP contribution in [0.15, 0.2) is 46.9 Å². The molecule has 0 fully saturated rings. The van der Waals surface area contributed by atoms with E-state index in [1.807, 2.05) is 24.3 Å². The van der Waals surface area contributed by atoms with Gasteiger partial charge in [-0.1, -0.05) is 51.3 Å². The molecule has 0 saturated heterocycles. The molecule has 1 amide bonds. The van der Waals surface area contributed by atoms with Gasteiger partial charge in [0.15, 0.2) is 0 Å². The number of nitrogens with one attached hydrogen (secondary N) is 1. The Morgan fingerprint density at radius 3 is 2.43 bits per heavy atom. The molecule has 23 heavy (non-hydrogen) atoms. The maximum absolute atomic E-state index is 11.9. The van der Waals surface area contributed by atoms with Crippen molar-refractivity contribution in [2.45, 2.75) is 6.61 Å². The molecule has 0 aromatic heterocycles. The predicted octanol–water partition coefficient (Wildman–Crippen LogP) is 4.23. The fourth-order valence-electron chi connectivity index (χ4n) is 1.72. The van der Waals surface area contributed by atoms with Crippen molar-refractivity contribution in [3.63, 3.8) is 0 Å². The van der Waals surface area contributed by atoms with Crippen LogP contribution in [0.2, 0.25) is 10.0 Å². The molecule has 2 rings (SSSR count). The van der Waals surface area contributed by atoms with E-state index in [9.17, 15) is 9.59 Å². The summed E-state index contributed by atoms with van der Waals surface area (Å²) in [6, 6.07) is 11.9. The SMILES string of the molecule is O=C(CNC(=O)c1ccc(Cl)cc1Cl)OCc1ccc(Br)cc1. The summed E-state index contributed by atoms with van der Waals surface area (Å²) in [7, 11) is 0. The van der Waals surface area contributed by atoms with E-state index >= 15 is 0 Å². The summed E-state index contributed by atoms with van der Waals surface area (Å²) < 4.78 is 6.02. The standard InChI is InChI=1S/C16H12BrCl2NO3/c17-11-3-1-10(2-4-11)9-23-15(21)8-20-16(22)13-6-5-12(18)7-14(13)19/h1-7H,8-9H2,(H,20,22). The van der Waals surface area contributed by atoms with Crippen molar-refractivity contribution in [3.8, 4) is 0 Å². The molecular weight excluding hydrogens is 405 g/mol. The van der Waals surface area contributed by atoms with Crippen LogP contribution in [0.5, 0.6) is 0 Å². The lowest BCUT2D eigenvalue weighted by molar-refractivity contribution is -0.143. The quantitative estimate of drug-likeness (QED) is 0.742. The third-order valence-corrected chi connectivity index (χ3v) is 3.96. The van der Waals surface area contributed by atoms with Gasteiger partial charge in [0, 0.05) is 9.50 Å². The monoisotopic (exact) mass is 415 g/mol. The van der Waals surface area contributed by atoms with Gasteiger partial charge in [0.05, 0.1) is 10.6 Å². The van der Waals surface area contributed by atoms with Crippen LogP contribution in [0.3, 0.4) is 0 Å². The van der Waals surface area contributed by atoms with Crippen LogP contribution >= 0.6 is 39.1 Å². The summed E-state index contributed by atoms with van der Waals surface area (Å²) in [6.45, 7) is -0.0992. The van der Waals surface area contributed by atoms with Crippen LogP contribution in [0, 0.1) is 0 Å². The van der Waals surface area contributed by atoms with Gasteiger partial charge in [-0.2, -0.15) is 0 Å². The van der Waals surface area contributed by atoms with Crippen LogP contribution in [0.25, 0.3) is 0 Å². The minimum atomic E-state index is -0.536. The number of ether oxygens (including phenoxy) is 1. The Kier molecular flexibility index (Phi) is 6.45. The second kappa shape index (κ2) is 8.34. The maximum Gasteiger partial charge on any atom is 0.325 e. The summed E-state index contributed by atoms with van der Waals surface area (Å²) in [5.74, 6) is -1.00. The third kappa shape index (κ3) is 5.53. The molecule has 0 heterocycles. The van der Waals surface area contributed by atoms with Crippen LogP contribution in [0.1, 0.15) is 15.9 Å². The van der Waals surface area contributed by atoms with Crippen molar-refractivity contribution in [1.29, 1.82) is 0 Å². The number of hydrogen-bond acceptors (Lipinski definition) is 3. The second-order valence-corrected chi connectivity index (χ2v) is 6.35. The van der Waals surface area contributed by atoms with Crippen molar-refractivity contribution in [1.82, 2.24) is 5.32 Å². The molecule has 0 spiro atoms. The Hall–Kier alpha value is -1.56. The van der Waals surface area contributed by atoms with E-state index in [4.69, 9.17) is 27.9 Å². The van der Waals surface area contributed by atoms with Gasteiger partial charge in [-0.3, -0.25) is 9.59 Å². The van der Waals surface area contributed by atoms with E-state index in [0.717, 1.165) is 10.0 Å². The molecule has 7 heteroatoms. The van der Waals surface area contributed by atoms with Gasteiger partial charge in [0.2, 0.25) is 0 Å². The first-order valence-electron chi connectivity index (χ1n) is 6.59.